The molecule has 3 aromatic carbocycles. The molecule has 0 aliphatic carbocycles. The molecule has 0 aromatic heterocycles. The number of benzene rings is 3. The van der Waals surface area contributed by atoms with Gasteiger partial charge in [-0.15, -0.1) is 0 Å². The molecule has 0 spiro atoms. The molecule has 0 unspecified atom stereocenters. The fraction of sp³-hybridized carbons (Fsp3) is 0.115. The van der Waals surface area contributed by atoms with Crippen LogP contribution in [-0.4, -0.2) is 29.3 Å². The van der Waals surface area contributed by atoms with Crippen LogP contribution in [0.1, 0.15) is 12.5 Å². The maximum atomic E-state index is 13.0. The molecule has 1 saturated heterocycles. The topological polar surface area (TPSA) is 67.9 Å². The minimum Gasteiger partial charge on any atom is -0.494 e. The summed E-state index contributed by atoms with van der Waals surface area (Å²) < 4.78 is 24.5. The predicted molar refractivity (Wildman–Crippen MR) is 140 cm³/mol. The van der Waals surface area contributed by atoms with Crippen LogP contribution in [0.25, 0.3) is 6.08 Å². The second-order valence-electron chi connectivity index (χ2n) is 7.36. The van der Waals surface area contributed by atoms with Crippen molar-refractivity contribution in [1.29, 1.82) is 0 Å². The van der Waals surface area contributed by atoms with E-state index in [2.05, 4.69) is 5.32 Å². The monoisotopic (exact) mass is 508 g/mol. The van der Waals surface area contributed by atoms with Crippen molar-refractivity contribution in [3.63, 3.8) is 0 Å². The molecule has 3 aromatic rings. The average Bonchev–Trinajstić information content (AvgIpc) is 3.13. The van der Waals surface area contributed by atoms with Gasteiger partial charge in [0, 0.05) is 5.69 Å². The summed E-state index contributed by atoms with van der Waals surface area (Å²) in [6, 6.07) is 19.7. The van der Waals surface area contributed by atoms with Crippen LogP contribution in [0.5, 0.6) is 11.5 Å². The van der Waals surface area contributed by atoms with Crippen molar-refractivity contribution in [2.45, 2.75) is 6.92 Å². The average molecular weight is 509 g/mol. The van der Waals surface area contributed by atoms with Crippen LogP contribution in [0.3, 0.4) is 0 Å². The minimum absolute atomic E-state index is 0.214. The van der Waals surface area contributed by atoms with Gasteiger partial charge in [-0.2, -0.15) is 0 Å². The summed E-state index contributed by atoms with van der Waals surface area (Å²) in [5.74, 6) is 0.218. The number of hydrogen-bond acceptors (Lipinski definition) is 6. The van der Waals surface area contributed by atoms with Crippen molar-refractivity contribution >= 4 is 57.6 Å². The fourth-order valence-electron chi connectivity index (χ4n) is 3.27. The van der Waals surface area contributed by atoms with Crippen LogP contribution < -0.4 is 19.7 Å². The number of carbonyl (C=O) groups excluding carboxylic acids is 2. The number of thioether (sulfide) groups is 1. The standard InChI is InChI=1S/C26H21FN2O4S2/c1-2-32-21-12-10-20(11-13-21)29-25(31)23(35-26(29)34)15-17-4-3-5-22(14-17)33-16-24(30)28-19-8-6-18(27)7-9-19/h3-15H,2,16H2,1H3,(H,28,30)/b23-15-. The lowest BCUT2D eigenvalue weighted by atomic mass is 10.2. The number of hydrogen-bond donors (Lipinski definition) is 1. The molecular formula is C26H21FN2O4S2. The van der Waals surface area contributed by atoms with E-state index < -0.39 is 0 Å². The Hall–Kier alpha value is -3.69. The molecule has 2 amide bonds. The number of carbonyl (C=O) groups is 2. The van der Waals surface area contributed by atoms with E-state index in [1.807, 2.05) is 13.0 Å². The normalized spacial score (nSPS) is 14.3. The molecule has 0 saturated carbocycles. The Morgan fingerprint density at radius 1 is 1.06 bits per heavy atom. The van der Waals surface area contributed by atoms with Gasteiger partial charge in [0.1, 0.15) is 17.3 Å². The van der Waals surface area contributed by atoms with Crippen LogP contribution in [-0.2, 0) is 9.59 Å². The molecule has 9 heteroatoms. The van der Waals surface area contributed by atoms with Gasteiger partial charge in [-0.3, -0.25) is 14.5 Å². The number of rotatable bonds is 8. The molecule has 0 radical (unpaired) electrons. The molecular weight excluding hydrogens is 487 g/mol. The second kappa shape index (κ2) is 11.2. The van der Waals surface area contributed by atoms with E-state index in [-0.39, 0.29) is 24.2 Å². The largest absolute Gasteiger partial charge is 0.494 e. The van der Waals surface area contributed by atoms with Gasteiger partial charge >= 0.3 is 0 Å². The van der Waals surface area contributed by atoms with E-state index in [0.717, 1.165) is 11.3 Å². The molecule has 1 aliphatic heterocycles. The lowest BCUT2D eigenvalue weighted by molar-refractivity contribution is -0.118. The second-order valence-corrected chi connectivity index (χ2v) is 9.04. The van der Waals surface area contributed by atoms with Gasteiger partial charge in [-0.25, -0.2) is 4.39 Å². The number of thiocarbonyl (C=S) groups is 1. The smallest absolute Gasteiger partial charge is 0.270 e. The third-order valence-electron chi connectivity index (χ3n) is 4.85. The number of ether oxygens (including phenoxy) is 2. The molecule has 0 bridgehead atoms. The molecule has 178 valence electrons. The Morgan fingerprint density at radius 2 is 1.80 bits per heavy atom. The van der Waals surface area contributed by atoms with Crippen LogP contribution in [0, 0.1) is 5.82 Å². The number of nitrogens with one attached hydrogen (secondary N) is 1. The van der Waals surface area contributed by atoms with Crippen LogP contribution in [0.2, 0.25) is 0 Å². The number of halogens is 1. The Morgan fingerprint density at radius 3 is 2.51 bits per heavy atom. The summed E-state index contributed by atoms with van der Waals surface area (Å²) in [6.07, 6.45) is 1.74. The first-order valence-corrected chi connectivity index (χ1v) is 11.9. The first kappa shape index (κ1) is 24.4. The van der Waals surface area contributed by atoms with Gasteiger partial charge in [0.05, 0.1) is 17.2 Å². The lowest BCUT2D eigenvalue weighted by Gasteiger charge is -2.15. The Labute approximate surface area is 211 Å². The van der Waals surface area contributed by atoms with E-state index in [1.165, 1.54) is 40.9 Å². The summed E-state index contributed by atoms with van der Waals surface area (Å²) >= 11 is 6.66. The minimum atomic E-state index is -0.382. The highest BCUT2D eigenvalue weighted by Crippen LogP contribution is 2.36. The van der Waals surface area contributed by atoms with Gasteiger partial charge in [0.2, 0.25) is 0 Å². The summed E-state index contributed by atoms with van der Waals surface area (Å²) in [6.45, 7) is 2.25. The van der Waals surface area contributed by atoms with Crippen molar-refractivity contribution in [3.8, 4) is 11.5 Å². The van der Waals surface area contributed by atoms with E-state index >= 15 is 0 Å². The van der Waals surface area contributed by atoms with Gasteiger partial charge in [-0.05, 0) is 79.2 Å². The van der Waals surface area contributed by atoms with Crippen LogP contribution in [0.4, 0.5) is 15.8 Å². The van der Waals surface area contributed by atoms with E-state index in [0.29, 0.717) is 33.0 Å². The number of nitrogens with zero attached hydrogens (tertiary/aromatic N) is 1. The van der Waals surface area contributed by atoms with Gasteiger partial charge in [0.15, 0.2) is 10.9 Å². The summed E-state index contributed by atoms with van der Waals surface area (Å²) in [4.78, 5) is 27.1. The maximum absolute atomic E-state index is 13.0. The van der Waals surface area contributed by atoms with Gasteiger partial charge < -0.3 is 14.8 Å². The number of amides is 2. The zero-order chi connectivity index (χ0) is 24.8. The quantitative estimate of drug-likeness (QED) is 0.313. The highest BCUT2D eigenvalue weighted by atomic mass is 32.2. The molecule has 0 atom stereocenters. The first-order valence-electron chi connectivity index (χ1n) is 10.7. The third-order valence-corrected chi connectivity index (χ3v) is 6.16. The Bertz CT molecular complexity index is 1280. The van der Waals surface area contributed by atoms with Crippen molar-refractivity contribution in [1.82, 2.24) is 0 Å². The van der Waals surface area contributed by atoms with Gasteiger partial charge in [0.25, 0.3) is 11.8 Å². The van der Waals surface area contributed by atoms with Crippen molar-refractivity contribution in [2.24, 2.45) is 0 Å². The molecule has 1 N–H and O–H groups in total. The molecule has 1 heterocycles. The SMILES string of the molecule is CCOc1ccc(N2C(=O)/C(=C/c3cccc(OCC(=O)Nc4ccc(F)cc4)c3)SC2=S)cc1. The zero-order valence-corrected chi connectivity index (χ0v) is 20.3. The Kier molecular flexibility index (Phi) is 7.79. The van der Waals surface area contributed by atoms with Crippen molar-refractivity contribution in [3.05, 3.63) is 89.1 Å². The summed E-state index contributed by atoms with van der Waals surface area (Å²) in [5, 5.41) is 2.64. The van der Waals surface area contributed by atoms with E-state index in [4.69, 9.17) is 21.7 Å². The zero-order valence-electron chi connectivity index (χ0n) is 18.7. The maximum Gasteiger partial charge on any atom is 0.270 e. The van der Waals surface area contributed by atoms with Crippen molar-refractivity contribution < 1.29 is 23.5 Å². The fourth-order valence-corrected chi connectivity index (χ4v) is 4.57. The molecule has 1 aliphatic rings. The van der Waals surface area contributed by atoms with Crippen molar-refractivity contribution in [2.75, 3.05) is 23.4 Å². The number of anilines is 2. The predicted octanol–water partition coefficient (Wildman–Crippen LogP) is 5.65. The van der Waals surface area contributed by atoms with Gasteiger partial charge in [-0.1, -0.05) is 36.1 Å². The highest BCUT2D eigenvalue weighted by Gasteiger charge is 2.33. The molecule has 6 nitrogen and oxygen atoms in total. The molecule has 35 heavy (non-hydrogen) atoms. The van der Waals surface area contributed by atoms with Crippen LogP contribution in [0.15, 0.2) is 77.7 Å². The third kappa shape index (κ3) is 6.26. The molecule has 1 fully saturated rings. The highest BCUT2D eigenvalue weighted by molar-refractivity contribution is 8.27. The van der Waals surface area contributed by atoms with Crippen LogP contribution >= 0.6 is 24.0 Å². The summed E-state index contributed by atoms with van der Waals surface area (Å²) in [5.41, 5.74) is 1.88. The summed E-state index contributed by atoms with van der Waals surface area (Å²) in [7, 11) is 0. The Balaban J connectivity index is 1.40. The molecule has 4 rings (SSSR count). The van der Waals surface area contributed by atoms with E-state index in [9.17, 15) is 14.0 Å². The lowest BCUT2D eigenvalue weighted by Crippen LogP contribution is -2.27. The first-order chi connectivity index (χ1) is 16.9. The van der Waals surface area contributed by atoms with E-state index in [1.54, 1.807) is 48.5 Å².